The zero-order chi connectivity index (χ0) is 12.4. The minimum Gasteiger partial charge on any atom is -0.335 e. The topological polar surface area (TPSA) is 32.3 Å². The molecule has 2 aliphatic rings. The number of carbonyl (C=O) groups is 1. The predicted octanol–water partition coefficient (Wildman–Crippen LogP) is 2.83. The van der Waals surface area contributed by atoms with E-state index in [-0.39, 0.29) is 18.3 Å². The van der Waals surface area contributed by atoms with Crippen molar-refractivity contribution in [3.8, 4) is 0 Å². The number of halogens is 1. The number of hydrogen-bond donors (Lipinski definition) is 1. The molecule has 1 N–H and O–H groups in total. The van der Waals surface area contributed by atoms with Crippen LogP contribution in [-0.4, -0.2) is 30.4 Å². The summed E-state index contributed by atoms with van der Waals surface area (Å²) in [6.45, 7) is 2.45. The van der Waals surface area contributed by atoms with Crippen molar-refractivity contribution >= 4 is 29.7 Å². The third kappa shape index (κ3) is 3.71. The normalized spacial score (nSPS) is 22.3. The van der Waals surface area contributed by atoms with Crippen molar-refractivity contribution < 1.29 is 4.79 Å². The minimum absolute atomic E-state index is 0. The molecular formula is C14H21ClN2OS. The van der Waals surface area contributed by atoms with Gasteiger partial charge in [0.2, 0.25) is 5.91 Å². The average molecular weight is 301 g/mol. The average Bonchev–Trinajstić information content (AvgIpc) is 2.88. The maximum Gasteiger partial charge on any atom is 0.237 e. The fourth-order valence-electron chi connectivity index (χ4n) is 2.68. The first kappa shape index (κ1) is 14.8. The van der Waals surface area contributed by atoms with Gasteiger partial charge >= 0.3 is 0 Å². The van der Waals surface area contributed by atoms with E-state index in [1.165, 1.54) is 18.4 Å². The fraction of sp³-hybridized carbons (Fsp3) is 0.643. The standard InChI is InChI=1S/C14H20N2OS.ClH/c17-14(9-15-8-11-3-4-11)16-6-1-2-13(16)12-5-7-18-10-12;/h5,7,10-11,13,15H,1-4,6,8-9H2;1H. The Morgan fingerprint density at radius 1 is 1.42 bits per heavy atom. The first-order valence-electron chi connectivity index (χ1n) is 6.87. The molecule has 2 fully saturated rings. The Hall–Kier alpha value is -0.580. The smallest absolute Gasteiger partial charge is 0.237 e. The third-order valence-electron chi connectivity index (χ3n) is 3.91. The van der Waals surface area contributed by atoms with Gasteiger partial charge in [0, 0.05) is 6.54 Å². The Balaban J connectivity index is 0.00000133. The molecule has 106 valence electrons. The molecular weight excluding hydrogens is 280 g/mol. The van der Waals surface area contributed by atoms with Crippen LogP contribution in [0, 0.1) is 5.92 Å². The summed E-state index contributed by atoms with van der Waals surface area (Å²) in [6, 6.07) is 2.48. The van der Waals surface area contributed by atoms with Crippen LogP contribution in [0.1, 0.15) is 37.3 Å². The summed E-state index contributed by atoms with van der Waals surface area (Å²) in [4.78, 5) is 14.3. The monoisotopic (exact) mass is 300 g/mol. The maximum atomic E-state index is 12.2. The Labute approximate surface area is 124 Å². The second-order valence-corrected chi connectivity index (χ2v) is 6.16. The number of likely N-dealkylation sites (tertiary alicyclic amines) is 1. The van der Waals surface area contributed by atoms with Crippen molar-refractivity contribution in [2.45, 2.75) is 31.7 Å². The lowest BCUT2D eigenvalue weighted by molar-refractivity contribution is -0.131. The Kier molecular flexibility index (Phi) is 5.25. The number of rotatable bonds is 5. The molecule has 19 heavy (non-hydrogen) atoms. The van der Waals surface area contributed by atoms with Gasteiger partial charge in [-0.05, 0) is 60.5 Å². The molecule has 1 aliphatic heterocycles. The highest BCUT2D eigenvalue weighted by molar-refractivity contribution is 7.07. The number of carbonyl (C=O) groups excluding carboxylic acids is 1. The summed E-state index contributed by atoms with van der Waals surface area (Å²) < 4.78 is 0. The van der Waals surface area contributed by atoms with Crippen LogP contribution in [0.4, 0.5) is 0 Å². The van der Waals surface area contributed by atoms with Crippen molar-refractivity contribution in [2.24, 2.45) is 5.92 Å². The van der Waals surface area contributed by atoms with Crippen molar-refractivity contribution in [1.29, 1.82) is 0 Å². The Morgan fingerprint density at radius 2 is 2.26 bits per heavy atom. The van der Waals surface area contributed by atoms with Gasteiger partial charge in [0.05, 0.1) is 12.6 Å². The van der Waals surface area contributed by atoms with Crippen LogP contribution in [0.3, 0.4) is 0 Å². The fourth-order valence-corrected chi connectivity index (χ4v) is 3.39. The van der Waals surface area contributed by atoms with Gasteiger partial charge in [-0.15, -0.1) is 12.4 Å². The molecule has 1 aliphatic carbocycles. The second kappa shape index (κ2) is 6.73. The van der Waals surface area contributed by atoms with E-state index in [1.54, 1.807) is 11.3 Å². The molecule has 1 saturated heterocycles. The quantitative estimate of drug-likeness (QED) is 0.907. The molecule has 1 aromatic rings. The van der Waals surface area contributed by atoms with E-state index < -0.39 is 0 Å². The van der Waals surface area contributed by atoms with E-state index in [9.17, 15) is 4.79 Å². The van der Waals surface area contributed by atoms with E-state index in [0.29, 0.717) is 12.6 Å². The van der Waals surface area contributed by atoms with Crippen LogP contribution in [0.15, 0.2) is 16.8 Å². The van der Waals surface area contributed by atoms with Gasteiger partial charge in [-0.1, -0.05) is 0 Å². The van der Waals surface area contributed by atoms with Crippen LogP contribution in [0.5, 0.6) is 0 Å². The van der Waals surface area contributed by atoms with Crippen molar-refractivity contribution in [3.63, 3.8) is 0 Å². The molecule has 2 heterocycles. The van der Waals surface area contributed by atoms with Crippen LogP contribution < -0.4 is 5.32 Å². The summed E-state index contributed by atoms with van der Waals surface area (Å²) >= 11 is 1.72. The van der Waals surface area contributed by atoms with E-state index in [0.717, 1.165) is 31.8 Å². The van der Waals surface area contributed by atoms with Crippen LogP contribution in [0.25, 0.3) is 0 Å². The molecule has 5 heteroatoms. The molecule has 0 aromatic carbocycles. The summed E-state index contributed by atoms with van der Waals surface area (Å²) in [5.74, 6) is 1.10. The molecule has 1 unspecified atom stereocenters. The van der Waals surface area contributed by atoms with Gasteiger partial charge in [-0.25, -0.2) is 0 Å². The zero-order valence-corrected chi connectivity index (χ0v) is 12.6. The van der Waals surface area contributed by atoms with Crippen molar-refractivity contribution in [2.75, 3.05) is 19.6 Å². The first-order valence-corrected chi connectivity index (χ1v) is 7.81. The molecule has 3 nitrogen and oxygen atoms in total. The van der Waals surface area contributed by atoms with Crippen molar-refractivity contribution in [3.05, 3.63) is 22.4 Å². The van der Waals surface area contributed by atoms with Gasteiger partial charge in [0.15, 0.2) is 0 Å². The Bertz CT molecular complexity index is 406. The highest BCUT2D eigenvalue weighted by atomic mass is 35.5. The van der Waals surface area contributed by atoms with E-state index >= 15 is 0 Å². The molecule has 0 radical (unpaired) electrons. The lowest BCUT2D eigenvalue weighted by Crippen LogP contribution is -2.38. The van der Waals surface area contributed by atoms with Crippen molar-refractivity contribution in [1.82, 2.24) is 10.2 Å². The lowest BCUT2D eigenvalue weighted by atomic mass is 10.1. The number of amides is 1. The molecule has 0 bridgehead atoms. The van der Waals surface area contributed by atoms with E-state index in [2.05, 4.69) is 27.0 Å². The van der Waals surface area contributed by atoms with Gasteiger partial charge in [-0.2, -0.15) is 11.3 Å². The van der Waals surface area contributed by atoms with Gasteiger partial charge < -0.3 is 10.2 Å². The zero-order valence-electron chi connectivity index (χ0n) is 11.0. The summed E-state index contributed by atoms with van der Waals surface area (Å²) in [5, 5.41) is 7.57. The molecule has 1 aromatic heterocycles. The van der Waals surface area contributed by atoms with E-state index in [1.807, 2.05) is 0 Å². The third-order valence-corrected chi connectivity index (χ3v) is 4.61. The summed E-state index contributed by atoms with van der Waals surface area (Å²) in [5.41, 5.74) is 1.31. The SMILES string of the molecule is Cl.O=C(CNCC1CC1)N1CCCC1c1ccsc1. The molecule has 0 spiro atoms. The van der Waals surface area contributed by atoms with Gasteiger partial charge in [0.1, 0.15) is 0 Å². The van der Waals surface area contributed by atoms with E-state index in [4.69, 9.17) is 0 Å². The summed E-state index contributed by atoms with van der Waals surface area (Å²) in [7, 11) is 0. The Morgan fingerprint density at radius 3 is 2.95 bits per heavy atom. The molecule has 1 saturated carbocycles. The van der Waals surface area contributed by atoms with Gasteiger partial charge in [0.25, 0.3) is 0 Å². The number of nitrogens with zero attached hydrogens (tertiary/aromatic N) is 1. The number of nitrogens with one attached hydrogen (secondary N) is 1. The molecule has 1 amide bonds. The highest BCUT2D eigenvalue weighted by Crippen LogP contribution is 2.33. The largest absolute Gasteiger partial charge is 0.335 e. The minimum atomic E-state index is 0. The number of thiophene rings is 1. The molecule has 1 atom stereocenters. The van der Waals surface area contributed by atoms with Crippen LogP contribution in [-0.2, 0) is 4.79 Å². The maximum absolute atomic E-state index is 12.2. The van der Waals surface area contributed by atoms with Crippen LogP contribution in [0.2, 0.25) is 0 Å². The lowest BCUT2D eigenvalue weighted by Gasteiger charge is -2.24. The highest BCUT2D eigenvalue weighted by Gasteiger charge is 2.30. The molecule has 3 rings (SSSR count). The first-order chi connectivity index (χ1) is 8.84. The van der Waals surface area contributed by atoms with Gasteiger partial charge in [-0.3, -0.25) is 4.79 Å². The summed E-state index contributed by atoms with van der Waals surface area (Å²) in [6.07, 6.45) is 4.92. The predicted molar refractivity (Wildman–Crippen MR) is 80.8 cm³/mol. The van der Waals surface area contributed by atoms with Crippen LogP contribution >= 0.6 is 23.7 Å². The number of hydrogen-bond acceptors (Lipinski definition) is 3. The second-order valence-electron chi connectivity index (χ2n) is 5.38.